The molecule has 54 valence electrons. The average Bonchev–Trinajstić information content (AvgIpc) is 1.64. The fraction of sp³-hybridized carbons (Fsp3) is 0.800. The van der Waals surface area contributed by atoms with Gasteiger partial charge in [-0.05, 0) is 0 Å². The molecule has 0 fully saturated rings. The molecule has 5 N–H and O–H groups in total. The summed E-state index contributed by atoms with van der Waals surface area (Å²) in [5.74, 6) is 5.41. The number of amidine groups is 1. The fourth-order valence-corrected chi connectivity index (χ4v) is 0.237. The van der Waals surface area contributed by atoms with Crippen LogP contribution in [0, 0.1) is 5.41 Å². The van der Waals surface area contributed by atoms with Crippen LogP contribution in [0.25, 0.3) is 0 Å². The van der Waals surface area contributed by atoms with Gasteiger partial charge < -0.3 is 5.73 Å². The van der Waals surface area contributed by atoms with Crippen molar-refractivity contribution in [2.75, 3.05) is 0 Å². The topological polar surface area (TPSA) is 76.4 Å². The Labute approximate surface area is 55.3 Å². The Balaban J connectivity index is 4.03. The van der Waals surface area contributed by atoms with E-state index >= 15 is 0 Å². The molecule has 0 aliphatic rings. The Morgan fingerprint density at radius 3 is 2.00 bits per heavy atom. The molecule has 0 atom stereocenters. The Morgan fingerprint density at radius 1 is 1.44 bits per heavy atom. The van der Waals surface area contributed by atoms with Crippen LogP contribution in [0.1, 0.15) is 20.8 Å². The molecule has 0 amide bonds. The van der Waals surface area contributed by atoms with Crippen molar-refractivity contribution in [1.29, 1.82) is 0 Å². The molecule has 0 bridgehead atoms. The van der Waals surface area contributed by atoms with Gasteiger partial charge in [-0.1, -0.05) is 20.8 Å². The van der Waals surface area contributed by atoms with E-state index in [-0.39, 0.29) is 5.41 Å². The molecule has 0 rings (SSSR count). The van der Waals surface area contributed by atoms with Crippen LogP contribution in [0.2, 0.25) is 0 Å². The molecule has 4 nitrogen and oxygen atoms in total. The van der Waals surface area contributed by atoms with Gasteiger partial charge in [0.1, 0.15) is 5.84 Å². The third-order valence-electron chi connectivity index (χ3n) is 0.953. The summed E-state index contributed by atoms with van der Waals surface area (Å²) in [6, 6.07) is 0. The van der Waals surface area contributed by atoms with Gasteiger partial charge in [0.2, 0.25) is 0 Å². The molecule has 0 saturated heterocycles. The van der Waals surface area contributed by atoms with Gasteiger partial charge in [-0.25, -0.2) is 11.4 Å². The Morgan fingerprint density at radius 2 is 1.89 bits per heavy atom. The summed E-state index contributed by atoms with van der Waals surface area (Å²) in [4.78, 5) is 0. The van der Waals surface area contributed by atoms with Gasteiger partial charge in [0.05, 0.1) is 0 Å². The van der Waals surface area contributed by atoms with Crippen molar-refractivity contribution in [3.8, 4) is 0 Å². The summed E-state index contributed by atoms with van der Waals surface area (Å²) in [5.41, 5.74) is 7.50. The average molecular weight is 130 g/mol. The van der Waals surface area contributed by atoms with E-state index < -0.39 is 0 Å². The van der Waals surface area contributed by atoms with Gasteiger partial charge in [-0.3, -0.25) is 0 Å². The van der Waals surface area contributed by atoms with Gasteiger partial charge in [-0.2, -0.15) is 5.10 Å². The van der Waals surface area contributed by atoms with Crippen LogP contribution in [-0.2, 0) is 0 Å². The lowest BCUT2D eigenvalue weighted by atomic mass is 9.96. The number of hydrazone groups is 1. The van der Waals surface area contributed by atoms with Gasteiger partial charge in [-0.15, -0.1) is 0 Å². The molecule has 9 heavy (non-hydrogen) atoms. The van der Waals surface area contributed by atoms with E-state index in [1.54, 1.807) is 0 Å². The van der Waals surface area contributed by atoms with Crippen molar-refractivity contribution in [2.24, 2.45) is 22.1 Å². The third-order valence-corrected chi connectivity index (χ3v) is 0.953. The zero-order chi connectivity index (χ0) is 7.49. The first kappa shape index (κ1) is 8.23. The lowest BCUT2D eigenvalue weighted by Gasteiger charge is -2.16. The standard InChI is InChI=1S/C5H14N4/c1-5(2,3)4(6)8-9-7/h9H,7H2,1-3H3,(H2,6,8). The number of hydrogen-bond acceptors (Lipinski definition) is 3. The van der Waals surface area contributed by atoms with Gasteiger partial charge >= 0.3 is 0 Å². The molecule has 0 unspecified atom stereocenters. The van der Waals surface area contributed by atoms with E-state index in [2.05, 4.69) is 10.6 Å². The highest BCUT2D eigenvalue weighted by Gasteiger charge is 2.14. The summed E-state index contributed by atoms with van der Waals surface area (Å²) in [6.45, 7) is 5.88. The van der Waals surface area contributed by atoms with Crippen molar-refractivity contribution in [1.82, 2.24) is 5.53 Å². The zero-order valence-corrected chi connectivity index (χ0v) is 6.10. The zero-order valence-electron chi connectivity index (χ0n) is 6.10. The van der Waals surface area contributed by atoms with E-state index in [0.717, 1.165) is 0 Å². The molecule has 4 heteroatoms. The quantitative estimate of drug-likeness (QED) is 0.198. The normalized spacial score (nSPS) is 13.6. The molecular formula is C5H14N4. The molecule has 0 aromatic heterocycles. The summed E-state index contributed by atoms with van der Waals surface area (Å²) in [7, 11) is 0. The first-order valence-electron chi connectivity index (χ1n) is 2.77. The van der Waals surface area contributed by atoms with Crippen molar-refractivity contribution in [2.45, 2.75) is 20.8 Å². The Hall–Kier alpha value is -0.770. The molecular weight excluding hydrogens is 116 g/mol. The molecule has 0 radical (unpaired) electrons. The molecule has 0 saturated carbocycles. The summed E-state index contributed by atoms with van der Waals surface area (Å²) in [6.07, 6.45) is 0. The van der Waals surface area contributed by atoms with Crippen LogP contribution >= 0.6 is 0 Å². The SMILES string of the molecule is CC(C)(C)/C(N)=N/NN. The number of rotatable bonds is 1. The minimum Gasteiger partial charge on any atom is -0.385 e. The highest BCUT2D eigenvalue weighted by molar-refractivity contribution is 5.85. The summed E-state index contributed by atoms with van der Waals surface area (Å²) >= 11 is 0. The maximum absolute atomic E-state index is 5.47. The fourth-order valence-electron chi connectivity index (χ4n) is 0.237. The third kappa shape index (κ3) is 2.92. The second-order valence-corrected chi connectivity index (χ2v) is 2.88. The van der Waals surface area contributed by atoms with Crippen LogP contribution in [0.4, 0.5) is 0 Å². The van der Waals surface area contributed by atoms with E-state index in [4.69, 9.17) is 11.6 Å². The maximum Gasteiger partial charge on any atom is 0.126 e. The molecule has 0 heterocycles. The van der Waals surface area contributed by atoms with Gasteiger partial charge in [0, 0.05) is 5.41 Å². The number of nitrogens with two attached hydrogens (primary N) is 2. The Kier molecular flexibility index (Phi) is 2.45. The molecule has 0 aromatic rings. The summed E-state index contributed by atoms with van der Waals surface area (Å²) in [5, 5.41) is 3.62. The number of hydrogen-bond donors (Lipinski definition) is 3. The predicted molar refractivity (Wildman–Crippen MR) is 38.4 cm³/mol. The highest BCUT2D eigenvalue weighted by atomic mass is 15.5. The van der Waals surface area contributed by atoms with Crippen LogP contribution in [0.15, 0.2) is 5.10 Å². The predicted octanol–water partition coefficient (Wildman–Crippen LogP) is -0.232. The van der Waals surface area contributed by atoms with Crippen LogP contribution < -0.4 is 17.1 Å². The van der Waals surface area contributed by atoms with E-state index in [1.807, 2.05) is 20.8 Å². The molecule has 0 aliphatic carbocycles. The summed E-state index contributed by atoms with van der Waals surface area (Å²) < 4.78 is 0. The molecule has 0 aromatic carbocycles. The minimum atomic E-state index is -0.105. The van der Waals surface area contributed by atoms with Crippen LogP contribution in [0.3, 0.4) is 0 Å². The lowest BCUT2D eigenvalue weighted by Crippen LogP contribution is -2.32. The minimum absolute atomic E-state index is 0.105. The van der Waals surface area contributed by atoms with Crippen LogP contribution in [-0.4, -0.2) is 5.84 Å². The van der Waals surface area contributed by atoms with E-state index in [0.29, 0.717) is 5.84 Å². The first-order chi connectivity index (χ1) is 3.98. The van der Waals surface area contributed by atoms with Crippen molar-refractivity contribution >= 4 is 5.84 Å². The monoisotopic (exact) mass is 130 g/mol. The van der Waals surface area contributed by atoms with Crippen molar-refractivity contribution in [3.05, 3.63) is 0 Å². The van der Waals surface area contributed by atoms with Crippen molar-refractivity contribution < 1.29 is 0 Å². The number of nitrogens with zero attached hydrogens (tertiary/aromatic N) is 1. The van der Waals surface area contributed by atoms with Gasteiger partial charge in [0.25, 0.3) is 0 Å². The largest absolute Gasteiger partial charge is 0.385 e. The van der Waals surface area contributed by atoms with Crippen LogP contribution in [0.5, 0.6) is 0 Å². The number of nitrogens with one attached hydrogen (secondary N) is 1. The lowest BCUT2D eigenvalue weighted by molar-refractivity contribution is 0.574. The first-order valence-corrected chi connectivity index (χ1v) is 2.77. The molecule has 0 aliphatic heterocycles. The van der Waals surface area contributed by atoms with Crippen molar-refractivity contribution in [3.63, 3.8) is 0 Å². The van der Waals surface area contributed by atoms with E-state index in [9.17, 15) is 0 Å². The Bertz CT molecular complexity index is 111. The maximum atomic E-state index is 5.47. The number of hydrazine groups is 1. The second kappa shape index (κ2) is 2.68. The smallest absolute Gasteiger partial charge is 0.126 e. The van der Waals surface area contributed by atoms with Gasteiger partial charge in [0.15, 0.2) is 0 Å². The van der Waals surface area contributed by atoms with E-state index in [1.165, 1.54) is 0 Å². The molecule has 0 spiro atoms. The highest BCUT2D eigenvalue weighted by Crippen LogP contribution is 2.11. The second-order valence-electron chi connectivity index (χ2n) is 2.88.